The van der Waals surface area contributed by atoms with E-state index in [0.717, 1.165) is 27.7 Å². The zero-order valence-electron chi connectivity index (χ0n) is 17.3. The number of amides is 3. The number of carbonyl (C=O) groups excluding carboxylic acids is 2. The van der Waals surface area contributed by atoms with Crippen molar-refractivity contribution in [1.29, 1.82) is 0 Å². The lowest BCUT2D eigenvalue weighted by atomic mass is 10.0. The first-order valence-corrected chi connectivity index (χ1v) is 9.79. The average molecular weight is 413 g/mol. The lowest BCUT2D eigenvalue weighted by molar-refractivity contribution is 0.0997. The van der Waals surface area contributed by atoms with Crippen molar-refractivity contribution < 1.29 is 9.59 Å². The van der Waals surface area contributed by atoms with Crippen LogP contribution in [0.4, 0.5) is 21.9 Å². The van der Waals surface area contributed by atoms with Gasteiger partial charge < -0.3 is 26.3 Å². The summed E-state index contributed by atoms with van der Waals surface area (Å²) < 4.78 is 0. The number of nitrogens with one attached hydrogen (secondary N) is 3. The van der Waals surface area contributed by atoms with Crippen LogP contribution >= 0.6 is 0 Å². The minimum absolute atomic E-state index is 0.338. The molecule has 156 valence electrons. The number of aromatic amines is 1. The van der Waals surface area contributed by atoms with Crippen molar-refractivity contribution in [2.24, 2.45) is 5.73 Å². The van der Waals surface area contributed by atoms with Crippen LogP contribution in [-0.4, -0.2) is 31.0 Å². The second-order valence-corrected chi connectivity index (χ2v) is 7.38. The van der Waals surface area contributed by atoms with Crippen molar-refractivity contribution in [3.8, 4) is 11.1 Å². The monoisotopic (exact) mass is 413 g/mol. The molecule has 0 fully saturated rings. The van der Waals surface area contributed by atoms with E-state index in [0.29, 0.717) is 17.1 Å². The highest BCUT2D eigenvalue weighted by Crippen LogP contribution is 2.33. The van der Waals surface area contributed by atoms with Crippen molar-refractivity contribution in [2.75, 3.05) is 29.6 Å². The van der Waals surface area contributed by atoms with Gasteiger partial charge in [0.1, 0.15) is 5.69 Å². The number of hydrogen-bond donors (Lipinski definition) is 4. The summed E-state index contributed by atoms with van der Waals surface area (Å²) in [6.07, 6.45) is 0. The fourth-order valence-electron chi connectivity index (χ4n) is 3.48. The number of fused-ring (bicyclic) bond motifs is 1. The second kappa shape index (κ2) is 8.23. The predicted molar refractivity (Wildman–Crippen MR) is 126 cm³/mol. The minimum Gasteiger partial charge on any atom is -0.378 e. The first-order valence-electron chi connectivity index (χ1n) is 9.79. The highest BCUT2D eigenvalue weighted by molar-refractivity contribution is 6.09. The summed E-state index contributed by atoms with van der Waals surface area (Å²) in [6.45, 7) is 0. The van der Waals surface area contributed by atoms with Crippen molar-refractivity contribution in [3.63, 3.8) is 0 Å². The number of H-pyrrole nitrogens is 1. The molecule has 0 bridgehead atoms. The van der Waals surface area contributed by atoms with Crippen molar-refractivity contribution in [1.82, 2.24) is 4.98 Å². The number of carbonyl (C=O) groups is 2. The third kappa shape index (κ3) is 4.20. The first-order chi connectivity index (χ1) is 14.9. The van der Waals surface area contributed by atoms with Crippen molar-refractivity contribution in [3.05, 3.63) is 78.5 Å². The van der Waals surface area contributed by atoms with Crippen LogP contribution < -0.4 is 21.3 Å². The van der Waals surface area contributed by atoms with Crippen LogP contribution in [0.3, 0.4) is 0 Å². The smallest absolute Gasteiger partial charge is 0.323 e. The predicted octanol–water partition coefficient (Wildman–Crippen LogP) is 4.64. The van der Waals surface area contributed by atoms with Gasteiger partial charge in [0.2, 0.25) is 0 Å². The summed E-state index contributed by atoms with van der Waals surface area (Å²) in [6, 6.07) is 22.1. The van der Waals surface area contributed by atoms with Gasteiger partial charge in [-0.05, 0) is 48.0 Å². The van der Waals surface area contributed by atoms with Gasteiger partial charge >= 0.3 is 6.03 Å². The number of anilines is 3. The summed E-state index contributed by atoms with van der Waals surface area (Å²) in [5.74, 6) is -0.520. The summed E-state index contributed by atoms with van der Waals surface area (Å²) in [7, 11) is 3.92. The Bertz CT molecular complexity index is 1240. The van der Waals surface area contributed by atoms with Gasteiger partial charge in [0.05, 0.1) is 0 Å². The molecular weight excluding hydrogens is 390 g/mol. The van der Waals surface area contributed by atoms with Crippen molar-refractivity contribution >= 4 is 39.9 Å². The number of primary amides is 1. The number of nitrogens with zero attached hydrogens (tertiary/aromatic N) is 1. The van der Waals surface area contributed by atoms with E-state index < -0.39 is 5.91 Å². The zero-order chi connectivity index (χ0) is 22.0. The Kier molecular flexibility index (Phi) is 5.32. The number of para-hydroxylation sites is 1. The number of aromatic nitrogens is 1. The molecule has 0 aliphatic carbocycles. The molecule has 7 heteroatoms. The molecule has 0 atom stereocenters. The maximum Gasteiger partial charge on any atom is 0.323 e. The average Bonchev–Trinajstić information content (AvgIpc) is 3.15. The van der Waals surface area contributed by atoms with Gasteiger partial charge in [-0.2, -0.15) is 0 Å². The number of urea groups is 1. The van der Waals surface area contributed by atoms with E-state index in [2.05, 4.69) is 15.6 Å². The summed E-state index contributed by atoms with van der Waals surface area (Å²) >= 11 is 0. The van der Waals surface area contributed by atoms with E-state index in [1.54, 1.807) is 12.1 Å². The van der Waals surface area contributed by atoms with Crippen LogP contribution in [0, 0.1) is 0 Å². The standard InChI is InChI=1S/C24H23N5O2/c1-29(2)18-13-11-17(12-14-18)27-24(31)26-16-9-7-15(8-10-16)21-19-5-3-4-6-20(19)28-22(21)23(25)30/h3-14,28H,1-2H3,(H2,25,30)(H2,26,27,31). The Labute approximate surface area is 179 Å². The largest absolute Gasteiger partial charge is 0.378 e. The fraction of sp³-hybridized carbons (Fsp3) is 0.0833. The Morgan fingerprint density at radius 1 is 0.839 bits per heavy atom. The normalized spacial score (nSPS) is 10.6. The molecule has 3 aromatic carbocycles. The molecule has 0 unspecified atom stereocenters. The summed E-state index contributed by atoms with van der Waals surface area (Å²) in [5.41, 5.74) is 10.7. The topological polar surface area (TPSA) is 103 Å². The van der Waals surface area contributed by atoms with E-state index in [1.165, 1.54) is 0 Å². The number of hydrogen-bond acceptors (Lipinski definition) is 3. The Morgan fingerprint density at radius 2 is 1.42 bits per heavy atom. The van der Waals surface area contributed by atoms with Gasteiger partial charge in [-0.3, -0.25) is 4.79 Å². The molecule has 0 aliphatic heterocycles. The Hall–Kier alpha value is -4.26. The minimum atomic E-state index is -0.520. The zero-order valence-corrected chi connectivity index (χ0v) is 17.3. The highest BCUT2D eigenvalue weighted by Gasteiger charge is 2.17. The Morgan fingerprint density at radius 3 is 2.00 bits per heavy atom. The fourth-order valence-corrected chi connectivity index (χ4v) is 3.48. The molecule has 7 nitrogen and oxygen atoms in total. The van der Waals surface area contributed by atoms with Crippen molar-refractivity contribution in [2.45, 2.75) is 0 Å². The molecule has 5 N–H and O–H groups in total. The third-order valence-corrected chi connectivity index (χ3v) is 5.03. The van der Waals surface area contributed by atoms with Crippen LogP contribution in [0.15, 0.2) is 72.8 Å². The molecule has 1 aromatic heterocycles. The summed E-state index contributed by atoms with van der Waals surface area (Å²) in [4.78, 5) is 29.3. The van der Waals surface area contributed by atoms with E-state index >= 15 is 0 Å². The quantitative estimate of drug-likeness (QED) is 0.383. The van der Waals surface area contributed by atoms with Gasteiger partial charge in [-0.15, -0.1) is 0 Å². The van der Waals surface area contributed by atoms with Gasteiger partial charge in [0, 0.05) is 47.6 Å². The van der Waals surface area contributed by atoms with E-state index in [1.807, 2.05) is 79.7 Å². The van der Waals surface area contributed by atoms with E-state index in [-0.39, 0.29) is 6.03 Å². The highest BCUT2D eigenvalue weighted by atomic mass is 16.2. The first kappa shape index (κ1) is 20.0. The van der Waals surface area contributed by atoms with Gasteiger partial charge in [-0.25, -0.2) is 4.79 Å². The Balaban J connectivity index is 1.51. The SMILES string of the molecule is CN(C)c1ccc(NC(=O)Nc2ccc(-c3c(C(N)=O)[nH]c4ccccc34)cc2)cc1. The third-order valence-electron chi connectivity index (χ3n) is 5.03. The van der Waals surface area contributed by atoms with Gasteiger partial charge in [0.15, 0.2) is 0 Å². The summed E-state index contributed by atoms with van der Waals surface area (Å²) in [5, 5.41) is 6.54. The van der Waals surface area contributed by atoms with Gasteiger partial charge in [-0.1, -0.05) is 30.3 Å². The molecule has 0 saturated carbocycles. The van der Waals surface area contributed by atoms with Gasteiger partial charge in [0.25, 0.3) is 5.91 Å². The van der Waals surface area contributed by atoms with Crippen LogP contribution in [0.2, 0.25) is 0 Å². The molecule has 0 radical (unpaired) electrons. The van der Waals surface area contributed by atoms with Crippen LogP contribution in [0.25, 0.3) is 22.0 Å². The molecule has 0 saturated heterocycles. The lowest BCUT2D eigenvalue weighted by Gasteiger charge is -2.13. The molecule has 0 aliphatic rings. The molecule has 4 rings (SSSR count). The maximum atomic E-state index is 12.3. The molecule has 4 aromatic rings. The number of rotatable bonds is 5. The second-order valence-electron chi connectivity index (χ2n) is 7.38. The molecule has 0 spiro atoms. The molecule has 1 heterocycles. The molecular formula is C24H23N5O2. The van der Waals surface area contributed by atoms with E-state index in [4.69, 9.17) is 5.73 Å². The number of benzene rings is 3. The molecule has 3 amide bonds. The van der Waals surface area contributed by atoms with Crippen LogP contribution in [-0.2, 0) is 0 Å². The van der Waals surface area contributed by atoms with Crippen LogP contribution in [0.1, 0.15) is 10.5 Å². The van der Waals surface area contributed by atoms with E-state index in [9.17, 15) is 9.59 Å². The maximum absolute atomic E-state index is 12.3. The lowest BCUT2D eigenvalue weighted by Crippen LogP contribution is -2.19. The van der Waals surface area contributed by atoms with Crippen LogP contribution in [0.5, 0.6) is 0 Å². The molecule has 31 heavy (non-hydrogen) atoms. The number of nitrogens with two attached hydrogens (primary N) is 1.